The Bertz CT molecular complexity index is 681. The summed E-state index contributed by atoms with van der Waals surface area (Å²) in [5, 5.41) is 2.89. The number of amides is 5. The van der Waals surface area contributed by atoms with Crippen LogP contribution in [-0.4, -0.2) is 64.4 Å². The van der Waals surface area contributed by atoms with Crippen LogP contribution in [0.25, 0.3) is 0 Å². The van der Waals surface area contributed by atoms with Gasteiger partial charge in [-0.2, -0.15) is 0 Å². The van der Waals surface area contributed by atoms with Gasteiger partial charge in [-0.05, 0) is 37.8 Å². The Morgan fingerprint density at radius 3 is 2.28 bits per heavy atom. The van der Waals surface area contributed by atoms with Crippen molar-refractivity contribution >= 4 is 23.7 Å². The van der Waals surface area contributed by atoms with Gasteiger partial charge in [-0.15, -0.1) is 0 Å². The predicted molar refractivity (Wildman–Crippen MR) is 92.0 cm³/mol. The number of likely N-dealkylation sites (tertiary alicyclic amines) is 1. The molecule has 3 aliphatic rings. The van der Waals surface area contributed by atoms with Gasteiger partial charge in [0.2, 0.25) is 0 Å². The molecule has 0 aromatic heterocycles. The fourth-order valence-electron chi connectivity index (χ4n) is 3.62. The average Bonchev–Trinajstić information content (AvgIpc) is 3.41. The Kier molecular flexibility index (Phi) is 4.07. The topological polar surface area (TPSA) is 73.0 Å². The molecule has 25 heavy (non-hydrogen) atoms. The Labute approximate surface area is 146 Å². The molecule has 132 valence electrons. The second-order valence-electron chi connectivity index (χ2n) is 6.92. The number of para-hydroxylation sites is 1. The van der Waals surface area contributed by atoms with E-state index in [0.717, 1.165) is 18.5 Å². The quantitative estimate of drug-likeness (QED) is 0.855. The van der Waals surface area contributed by atoms with Crippen LogP contribution in [0, 0.1) is 0 Å². The molecule has 4 rings (SSSR count). The summed E-state index contributed by atoms with van der Waals surface area (Å²) in [6, 6.07) is 9.28. The van der Waals surface area contributed by atoms with Gasteiger partial charge < -0.3 is 15.1 Å². The molecule has 7 nitrogen and oxygen atoms in total. The van der Waals surface area contributed by atoms with Crippen LogP contribution in [0.3, 0.4) is 0 Å². The molecule has 0 radical (unpaired) electrons. The van der Waals surface area contributed by atoms with Crippen molar-refractivity contribution in [2.45, 2.75) is 37.8 Å². The van der Waals surface area contributed by atoms with E-state index in [1.54, 1.807) is 9.80 Å². The number of piperidine rings is 1. The summed E-state index contributed by atoms with van der Waals surface area (Å²) in [4.78, 5) is 41.8. The molecule has 0 unspecified atom stereocenters. The highest BCUT2D eigenvalue weighted by Gasteiger charge is 2.47. The second-order valence-corrected chi connectivity index (χ2v) is 6.92. The largest absolute Gasteiger partial charge is 0.327 e. The van der Waals surface area contributed by atoms with E-state index in [9.17, 15) is 14.4 Å². The van der Waals surface area contributed by atoms with Crippen molar-refractivity contribution in [3.05, 3.63) is 30.3 Å². The van der Waals surface area contributed by atoms with Crippen LogP contribution in [0.4, 0.5) is 15.3 Å². The Hall–Kier alpha value is -2.57. The monoisotopic (exact) mass is 342 g/mol. The Balaban J connectivity index is 1.32. The van der Waals surface area contributed by atoms with Crippen LogP contribution in [-0.2, 0) is 4.79 Å². The van der Waals surface area contributed by atoms with E-state index in [1.807, 2.05) is 30.3 Å². The lowest BCUT2D eigenvalue weighted by Gasteiger charge is -2.36. The molecule has 0 atom stereocenters. The van der Waals surface area contributed by atoms with E-state index in [0.29, 0.717) is 25.9 Å². The first-order chi connectivity index (χ1) is 12.1. The molecule has 1 saturated carbocycles. The number of carbonyl (C=O) groups is 3. The second kappa shape index (κ2) is 6.38. The third-order valence-electron chi connectivity index (χ3n) is 5.16. The van der Waals surface area contributed by atoms with Crippen molar-refractivity contribution in [1.29, 1.82) is 0 Å². The summed E-state index contributed by atoms with van der Waals surface area (Å²) in [6.45, 7) is 1.37. The lowest BCUT2D eigenvalue weighted by Crippen LogP contribution is -2.49. The van der Waals surface area contributed by atoms with E-state index in [-0.39, 0.29) is 36.6 Å². The average molecular weight is 342 g/mol. The van der Waals surface area contributed by atoms with Gasteiger partial charge in [0, 0.05) is 30.9 Å². The van der Waals surface area contributed by atoms with Gasteiger partial charge in [-0.25, -0.2) is 9.59 Å². The van der Waals surface area contributed by atoms with Crippen LogP contribution >= 0.6 is 0 Å². The minimum absolute atomic E-state index is 0.0426. The van der Waals surface area contributed by atoms with Gasteiger partial charge in [0.1, 0.15) is 6.54 Å². The highest BCUT2D eigenvalue weighted by molar-refractivity contribution is 6.02. The van der Waals surface area contributed by atoms with Crippen LogP contribution < -0.4 is 5.32 Å². The molecular weight excluding hydrogens is 320 g/mol. The first-order valence-electron chi connectivity index (χ1n) is 8.87. The number of rotatable bonds is 3. The molecule has 1 aliphatic carbocycles. The van der Waals surface area contributed by atoms with Crippen molar-refractivity contribution in [2.24, 2.45) is 0 Å². The third-order valence-corrected chi connectivity index (χ3v) is 5.16. The number of benzene rings is 1. The van der Waals surface area contributed by atoms with Crippen LogP contribution in [0.2, 0.25) is 0 Å². The molecule has 2 saturated heterocycles. The van der Waals surface area contributed by atoms with E-state index in [2.05, 4.69) is 5.32 Å². The standard InChI is InChI=1S/C18H22N4O3/c23-16-12-21(18(25)22(16)15-6-7-15)14-8-10-20(11-9-14)17(24)19-13-4-2-1-3-5-13/h1-5,14-15H,6-12H2,(H,19,24). The maximum Gasteiger partial charge on any atom is 0.327 e. The molecule has 1 aromatic rings. The fourth-order valence-corrected chi connectivity index (χ4v) is 3.62. The van der Waals surface area contributed by atoms with E-state index >= 15 is 0 Å². The van der Waals surface area contributed by atoms with E-state index < -0.39 is 0 Å². The molecule has 5 amide bonds. The molecule has 0 bridgehead atoms. The molecule has 0 spiro atoms. The lowest BCUT2D eigenvalue weighted by molar-refractivity contribution is -0.125. The van der Waals surface area contributed by atoms with Crippen molar-refractivity contribution in [2.75, 3.05) is 25.0 Å². The summed E-state index contributed by atoms with van der Waals surface area (Å²) >= 11 is 0. The minimum Gasteiger partial charge on any atom is -0.324 e. The molecule has 3 fully saturated rings. The predicted octanol–water partition coefficient (Wildman–Crippen LogP) is 2.11. The highest BCUT2D eigenvalue weighted by atomic mass is 16.2. The third kappa shape index (κ3) is 3.18. The first-order valence-corrected chi connectivity index (χ1v) is 8.87. The van der Waals surface area contributed by atoms with Crippen LogP contribution in [0.5, 0.6) is 0 Å². The maximum absolute atomic E-state index is 12.5. The number of urea groups is 2. The van der Waals surface area contributed by atoms with Gasteiger partial charge in [0.25, 0.3) is 5.91 Å². The number of imide groups is 1. The van der Waals surface area contributed by atoms with Gasteiger partial charge in [0.05, 0.1) is 0 Å². The van der Waals surface area contributed by atoms with Gasteiger partial charge in [-0.3, -0.25) is 9.69 Å². The number of hydrogen-bond acceptors (Lipinski definition) is 3. The highest BCUT2D eigenvalue weighted by Crippen LogP contribution is 2.32. The lowest BCUT2D eigenvalue weighted by atomic mass is 10.0. The number of nitrogens with one attached hydrogen (secondary N) is 1. The molecule has 1 N–H and O–H groups in total. The van der Waals surface area contributed by atoms with Crippen LogP contribution in [0.1, 0.15) is 25.7 Å². The van der Waals surface area contributed by atoms with Crippen molar-refractivity contribution in [3.63, 3.8) is 0 Å². The van der Waals surface area contributed by atoms with Crippen molar-refractivity contribution in [1.82, 2.24) is 14.7 Å². The number of anilines is 1. The zero-order valence-electron chi connectivity index (χ0n) is 14.1. The maximum atomic E-state index is 12.5. The summed E-state index contributed by atoms with van der Waals surface area (Å²) in [5.74, 6) is -0.0725. The van der Waals surface area contributed by atoms with E-state index in [1.165, 1.54) is 4.90 Å². The fraction of sp³-hybridized carbons (Fsp3) is 0.500. The molecule has 2 aliphatic heterocycles. The number of carbonyl (C=O) groups excluding carboxylic acids is 3. The van der Waals surface area contributed by atoms with Gasteiger partial charge in [0.15, 0.2) is 0 Å². The van der Waals surface area contributed by atoms with Crippen LogP contribution in [0.15, 0.2) is 30.3 Å². The number of nitrogens with zero attached hydrogens (tertiary/aromatic N) is 3. The smallest absolute Gasteiger partial charge is 0.324 e. The number of hydrogen-bond donors (Lipinski definition) is 1. The summed E-state index contributed by atoms with van der Waals surface area (Å²) in [7, 11) is 0. The summed E-state index contributed by atoms with van der Waals surface area (Å²) < 4.78 is 0. The molecular formula is C18H22N4O3. The zero-order valence-corrected chi connectivity index (χ0v) is 14.1. The molecule has 2 heterocycles. The first kappa shape index (κ1) is 15.9. The van der Waals surface area contributed by atoms with Gasteiger partial charge >= 0.3 is 12.1 Å². The Morgan fingerprint density at radius 1 is 0.960 bits per heavy atom. The normalized spacial score (nSPS) is 21.8. The zero-order chi connectivity index (χ0) is 17.4. The minimum atomic E-state index is -0.139. The van der Waals surface area contributed by atoms with Crippen molar-refractivity contribution in [3.8, 4) is 0 Å². The van der Waals surface area contributed by atoms with Crippen molar-refractivity contribution < 1.29 is 14.4 Å². The molecule has 1 aromatic carbocycles. The van der Waals surface area contributed by atoms with E-state index in [4.69, 9.17) is 0 Å². The van der Waals surface area contributed by atoms with Gasteiger partial charge in [-0.1, -0.05) is 18.2 Å². The summed E-state index contributed by atoms with van der Waals surface area (Å²) in [5.41, 5.74) is 0.773. The SMILES string of the molecule is O=C(Nc1ccccc1)N1CCC(N2CC(=O)N(C3CC3)C2=O)CC1. The summed E-state index contributed by atoms with van der Waals surface area (Å²) in [6.07, 6.45) is 3.28. The molecule has 7 heteroatoms. The Morgan fingerprint density at radius 2 is 1.64 bits per heavy atom.